The van der Waals surface area contributed by atoms with E-state index in [2.05, 4.69) is 80.8 Å². The Bertz CT molecular complexity index is 1890. The SMILES string of the molecule is CCOC(=O)[C@@]1(C)CC[C@]2(C)CC[C@]3(C)C(=CC(=O)[C@@H]4[C@@]5(C)CC[C@H](OC(=O)CCC(=O)Nc6nc7c(Br)cccc7s6)C(C)(C)[C@@H]5CC[C@]43C)[C@@H]2C1. The maximum Gasteiger partial charge on any atom is 0.311 e. The first-order valence-corrected chi connectivity index (χ1v) is 21.4. The fourth-order valence-electron chi connectivity index (χ4n) is 12.4. The first-order chi connectivity index (χ1) is 24.8. The third kappa shape index (κ3) is 6.06. The van der Waals surface area contributed by atoms with E-state index < -0.39 is 5.41 Å². The summed E-state index contributed by atoms with van der Waals surface area (Å²) in [5.74, 6) is -0.246. The number of nitrogens with zero attached hydrogens (tertiary/aromatic N) is 1. The van der Waals surface area contributed by atoms with Crippen LogP contribution in [-0.4, -0.2) is 41.3 Å². The van der Waals surface area contributed by atoms with Gasteiger partial charge in [0.1, 0.15) is 6.10 Å². The average molecular weight is 810 g/mol. The Morgan fingerprint density at radius 1 is 0.962 bits per heavy atom. The van der Waals surface area contributed by atoms with Gasteiger partial charge >= 0.3 is 11.9 Å². The van der Waals surface area contributed by atoms with Crippen LogP contribution < -0.4 is 5.32 Å². The average Bonchev–Trinajstić information content (AvgIpc) is 3.50. The van der Waals surface area contributed by atoms with Crippen LogP contribution in [0.1, 0.15) is 126 Å². The van der Waals surface area contributed by atoms with Crippen molar-refractivity contribution in [2.24, 2.45) is 50.2 Å². The first-order valence-electron chi connectivity index (χ1n) is 19.8. The van der Waals surface area contributed by atoms with Crippen LogP contribution in [0.4, 0.5) is 5.13 Å². The van der Waals surface area contributed by atoms with Gasteiger partial charge in [-0.15, -0.1) is 0 Å². The number of hydrogen-bond acceptors (Lipinski definition) is 8. The van der Waals surface area contributed by atoms with Crippen LogP contribution >= 0.6 is 27.3 Å². The highest BCUT2D eigenvalue weighted by Crippen LogP contribution is 2.75. The van der Waals surface area contributed by atoms with Crippen molar-refractivity contribution in [1.82, 2.24) is 4.98 Å². The Morgan fingerprint density at radius 2 is 1.70 bits per heavy atom. The molecular weight excluding hydrogens is 752 g/mol. The van der Waals surface area contributed by atoms with Crippen molar-refractivity contribution in [3.63, 3.8) is 0 Å². The number of carbonyl (C=O) groups is 4. The molecule has 0 spiro atoms. The van der Waals surface area contributed by atoms with E-state index in [1.807, 2.05) is 25.1 Å². The highest BCUT2D eigenvalue weighted by Gasteiger charge is 2.70. The Kier molecular flexibility index (Phi) is 9.68. The van der Waals surface area contributed by atoms with E-state index in [0.29, 0.717) is 18.2 Å². The smallest absolute Gasteiger partial charge is 0.311 e. The van der Waals surface area contributed by atoms with Gasteiger partial charge in [0.15, 0.2) is 10.9 Å². The van der Waals surface area contributed by atoms with Crippen molar-refractivity contribution in [3.05, 3.63) is 34.3 Å². The number of benzene rings is 1. The third-order valence-corrected chi connectivity index (χ3v) is 17.3. The molecule has 1 N–H and O–H groups in total. The number of anilines is 1. The minimum Gasteiger partial charge on any atom is -0.466 e. The molecule has 5 aliphatic rings. The van der Waals surface area contributed by atoms with Crippen molar-refractivity contribution in [2.45, 2.75) is 132 Å². The van der Waals surface area contributed by atoms with Crippen molar-refractivity contribution in [2.75, 3.05) is 11.9 Å². The molecule has 4 fully saturated rings. The largest absolute Gasteiger partial charge is 0.466 e. The summed E-state index contributed by atoms with van der Waals surface area (Å²) in [6, 6.07) is 5.80. The summed E-state index contributed by atoms with van der Waals surface area (Å²) in [4.78, 5) is 58.6. The Labute approximate surface area is 327 Å². The van der Waals surface area contributed by atoms with E-state index in [0.717, 1.165) is 66.1 Å². The van der Waals surface area contributed by atoms with Gasteiger partial charge in [-0.1, -0.05) is 64.5 Å². The normalized spacial score (nSPS) is 38.7. The molecule has 1 heterocycles. The van der Waals surface area contributed by atoms with Gasteiger partial charge in [-0.25, -0.2) is 4.98 Å². The molecule has 10 heteroatoms. The zero-order chi connectivity index (χ0) is 38.4. The molecule has 53 heavy (non-hydrogen) atoms. The summed E-state index contributed by atoms with van der Waals surface area (Å²) in [5, 5.41) is 3.35. The second kappa shape index (κ2) is 13.3. The fourth-order valence-corrected chi connectivity index (χ4v) is 13.9. The predicted molar refractivity (Wildman–Crippen MR) is 211 cm³/mol. The van der Waals surface area contributed by atoms with Crippen molar-refractivity contribution >= 4 is 66.2 Å². The lowest BCUT2D eigenvalue weighted by atomic mass is 9.33. The second-order valence-corrected chi connectivity index (χ2v) is 20.9. The highest BCUT2D eigenvalue weighted by atomic mass is 79.9. The van der Waals surface area contributed by atoms with Gasteiger partial charge in [-0.05, 0) is 139 Å². The van der Waals surface area contributed by atoms with Gasteiger partial charge in [0.25, 0.3) is 0 Å². The molecule has 1 aromatic carbocycles. The monoisotopic (exact) mass is 808 g/mol. The molecule has 0 radical (unpaired) electrons. The zero-order valence-electron chi connectivity index (χ0n) is 32.8. The first kappa shape index (κ1) is 38.7. The lowest BCUT2D eigenvalue weighted by Gasteiger charge is -2.70. The van der Waals surface area contributed by atoms with Gasteiger partial charge in [0, 0.05) is 22.2 Å². The third-order valence-electron chi connectivity index (χ3n) is 15.7. The highest BCUT2D eigenvalue weighted by molar-refractivity contribution is 9.10. The van der Waals surface area contributed by atoms with Crippen LogP contribution in [0.3, 0.4) is 0 Å². The van der Waals surface area contributed by atoms with Crippen molar-refractivity contribution < 1.29 is 28.7 Å². The molecule has 2 aromatic rings. The van der Waals surface area contributed by atoms with Crippen LogP contribution in [-0.2, 0) is 28.7 Å². The summed E-state index contributed by atoms with van der Waals surface area (Å²) in [6.45, 7) is 18.3. The number of thiazole rings is 1. The molecular formula is C43H57BrN2O6S. The topological polar surface area (TPSA) is 112 Å². The van der Waals surface area contributed by atoms with E-state index in [-0.39, 0.29) is 87.4 Å². The predicted octanol–water partition coefficient (Wildman–Crippen LogP) is 10.2. The lowest BCUT2D eigenvalue weighted by Crippen LogP contribution is -2.66. The van der Waals surface area contributed by atoms with Crippen LogP contribution in [0.25, 0.3) is 10.2 Å². The van der Waals surface area contributed by atoms with Gasteiger partial charge in [0.2, 0.25) is 5.91 Å². The summed E-state index contributed by atoms with van der Waals surface area (Å²) >= 11 is 4.91. The molecule has 1 amide bonds. The Morgan fingerprint density at radius 3 is 2.42 bits per heavy atom. The molecule has 5 aliphatic carbocycles. The molecule has 9 atom stereocenters. The molecule has 0 bridgehead atoms. The van der Waals surface area contributed by atoms with E-state index in [1.54, 1.807) is 0 Å². The van der Waals surface area contributed by atoms with Crippen LogP contribution in [0, 0.1) is 50.2 Å². The summed E-state index contributed by atoms with van der Waals surface area (Å²) in [6.07, 6.45) is 9.84. The molecule has 4 saturated carbocycles. The molecule has 7 rings (SSSR count). The van der Waals surface area contributed by atoms with Crippen LogP contribution in [0.15, 0.2) is 34.3 Å². The quantitative estimate of drug-likeness (QED) is 0.277. The van der Waals surface area contributed by atoms with Gasteiger partial charge in [-0.3, -0.25) is 19.2 Å². The number of halogens is 1. The van der Waals surface area contributed by atoms with Crippen LogP contribution in [0.5, 0.6) is 0 Å². The maximum absolute atomic E-state index is 14.8. The Balaban J connectivity index is 1.06. The molecule has 0 aliphatic heterocycles. The molecule has 0 unspecified atom stereocenters. The van der Waals surface area contributed by atoms with E-state index in [1.165, 1.54) is 16.9 Å². The minimum atomic E-state index is -0.540. The number of allylic oxidation sites excluding steroid dienone is 2. The number of nitrogens with one attached hydrogen (secondary N) is 1. The molecule has 1 aromatic heterocycles. The number of hydrogen-bond donors (Lipinski definition) is 1. The summed E-state index contributed by atoms with van der Waals surface area (Å²) < 4.78 is 13.6. The van der Waals surface area contributed by atoms with Gasteiger partial charge in [0.05, 0.1) is 28.7 Å². The van der Waals surface area contributed by atoms with Gasteiger partial charge in [-0.2, -0.15) is 0 Å². The van der Waals surface area contributed by atoms with Crippen molar-refractivity contribution in [1.29, 1.82) is 0 Å². The number of rotatable bonds is 7. The Hall–Kier alpha value is -2.59. The van der Waals surface area contributed by atoms with Crippen molar-refractivity contribution in [3.8, 4) is 0 Å². The minimum absolute atomic E-state index is 0.00462. The summed E-state index contributed by atoms with van der Waals surface area (Å²) in [5.41, 5.74) is 0.654. The number of ether oxygens (including phenoxy) is 2. The molecule has 8 nitrogen and oxygen atoms in total. The number of fused-ring (bicyclic) bond motifs is 8. The van der Waals surface area contributed by atoms with E-state index in [4.69, 9.17) is 9.47 Å². The molecule has 0 saturated heterocycles. The number of carbonyl (C=O) groups excluding carboxylic acids is 4. The number of ketones is 1. The lowest BCUT2D eigenvalue weighted by molar-refractivity contribution is -0.211. The second-order valence-electron chi connectivity index (χ2n) is 19.0. The number of amides is 1. The standard InChI is InChI=1S/C43H57BrN2O6S/c1-9-51-36(50)40(5)20-19-39(4)21-22-42(7)25(26(39)24-40)23-28(47)35-41(6)17-16-31(38(2,3)30(41)15-18-43(35,42)8)52-33(49)14-13-32(48)45-37-46-34-27(44)11-10-12-29(34)53-37/h10-12,23,26,30-31,35H,9,13-22,24H2,1-8H3,(H,45,46,48)/t26-,30-,31-,35+,39+,40-,41-,42+,43+/m0/s1. The number of para-hydroxylation sites is 1. The fraction of sp³-hybridized carbons (Fsp3) is 0.698. The summed E-state index contributed by atoms with van der Waals surface area (Å²) in [7, 11) is 0. The van der Waals surface area contributed by atoms with E-state index >= 15 is 0 Å². The zero-order valence-corrected chi connectivity index (χ0v) is 35.2. The number of aromatic nitrogens is 1. The van der Waals surface area contributed by atoms with E-state index in [9.17, 15) is 19.2 Å². The maximum atomic E-state index is 14.8. The van der Waals surface area contributed by atoms with Crippen LogP contribution in [0.2, 0.25) is 0 Å². The number of esters is 2. The molecule has 288 valence electrons. The van der Waals surface area contributed by atoms with Gasteiger partial charge < -0.3 is 14.8 Å².